The Morgan fingerprint density at radius 2 is 1.24 bits per heavy atom. The molecule has 17 heteroatoms. The predicted octanol–water partition coefficient (Wildman–Crippen LogP) is -3.87. The summed E-state index contributed by atoms with van der Waals surface area (Å²) >= 11 is 0. The second-order valence-electron chi connectivity index (χ2n) is 7.96. The second-order valence-corrected chi connectivity index (χ2v) is 7.96. The first kappa shape index (κ1) is 28.4. The van der Waals surface area contributed by atoms with E-state index in [-0.39, 0.29) is 12.8 Å². The highest BCUT2D eigenvalue weighted by Crippen LogP contribution is 2.05. The lowest BCUT2D eigenvalue weighted by Crippen LogP contribution is -2.58. The Balaban J connectivity index is 2.24. The zero-order chi connectivity index (χ0) is 27.5. The van der Waals surface area contributed by atoms with Crippen molar-refractivity contribution in [2.45, 2.75) is 49.9 Å². The van der Waals surface area contributed by atoms with E-state index in [4.69, 9.17) is 16.6 Å². The van der Waals surface area contributed by atoms with Gasteiger partial charge in [0.15, 0.2) is 0 Å². The van der Waals surface area contributed by atoms with Crippen LogP contribution in [0, 0.1) is 0 Å². The van der Waals surface area contributed by atoms with Crippen LogP contribution in [-0.2, 0) is 41.6 Å². The number of rotatable bonds is 15. The first-order valence-electron chi connectivity index (χ1n) is 10.8. The molecule has 0 aromatic carbocycles. The molecule has 37 heavy (non-hydrogen) atoms. The Bertz CT molecular complexity index is 1100. The summed E-state index contributed by atoms with van der Waals surface area (Å²) in [5, 5.41) is 25.1. The lowest BCUT2D eigenvalue weighted by atomic mass is 10.1. The topological polar surface area (TPSA) is 288 Å². The molecule has 2 aromatic rings. The monoisotopic (exact) mass is 521 g/mol. The number of imidazole rings is 2. The van der Waals surface area contributed by atoms with Gasteiger partial charge in [-0.25, -0.2) is 14.8 Å². The third-order valence-electron chi connectivity index (χ3n) is 4.97. The van der Waals surface area contributed by atoms with E-state index in [9.17, 15) is 33.9 Å². The smallest absolute Gasteiger partial charge is 0.326 e. The number of amides is 4. The zero-order valence-electron chi connectivity index (χ0n) is 19.3. The van der Waals surface area contributed by atoms with Crippen molar-refractivity contribution in [1.82, 2.24) is 35.9 Å². The molecule has 0 aliphatic heterocycles. The van der Waals surface area contributed by atoms with Gasteiger partial charge in [0.05, 0.1) is 31.5 Å². The van der Waals surface area contributed by atoms with E-state index in [1.54, 1.807) is 0 Å². The Kier molecular flexibility index (Phi) is 10.2. The first-order chi connectivity index (χ1) is 17.5. The van der Waals surface area contributed by atoms with Gasteiger partial charge in [-0.2, -0.15) is 0 Å². The molecule has 2 aromatic heterocycles. The Morgan fingerprint density at radius 1 is 0.784 bits per heavy atom. The lowest BCUT2D eigenvalue weighted by molar-refractivity contribution is -0.143. The van der Waals surface area contributed by atoms with Crippen LogP contribution < -0.4 is 27.4 Å². The highest BCUT2D eigenvalue weighted by atomic mass is 16.4. The molecule has 17 nitrogen and oxygen atoms in total. The molecule has 4 amide bonds. The number of nitrogens with two attached hydrogens (primary N) is 2. The number of hydrogen-bond acceptors (Lipinski definition) is 9. The number of aliphatic carboxylic acids is 2. The van der Waals surface area contributed by atoms with E-state index < -0.39 is 72.6 Å². The van der Waals surface area contributed by atoms with Gasteiger partial charge < -0.3 is 47.6 Å². The number of nitrogens with zero attached hydrogens (tertiary/aromatic N) is 2. The van der Waals surface area contributed by atoms with Crippen molar-refractivity contribution in [2.24, 2.45) is 11.5 Å². The molecule has 200 valence electrons. The van der Waals surface area contributed by atoms with Crippen molar-refractivity contribution in [3.05, 3.63) is 36.4 Å². The Labute approximate surface area is 208 Å². The molecule has 4 unspecified atom stereocenters. The van der Waals surface area contributed by atoms with Gasteiger partial charge in [0.2, 0.25) is 23.6 Å². The van der Waals surface area contributed by atoms with Gasteiger partial charge >= 0.3 is 11.9 Å². The minimum absolute atomic E-state index is 0.130. The molecular weight excluding hydrogens is 494 g/mol. The molecule has 0 saturated heterocycles. The molecule has 0 aliphatic carbocycles. The van der Waals surface area contributed by atoms with Gasteiger partial charge in [-0.3, -0.25) is 24.0 Å². The van der Waals surface area contributed by atoms with Gasteiger partial charge in [-0.15, -0.1) is 0 Å². The van der Waals surface area contributed by atoms with E-state index in [2.05, 4.69) is 35.9 Å². The van der Waals surface area contributed by atoms with Crippen molar-refractivity contribution in [1.29, 1.82) is 0 Å². The predicted molar refractivity (Wildman–Crippen MR) is 122 cm³/mol. The fourth-order valence-corrected chi connectivity index (χ4v) is 3.16. The normalized spacial score (nSPS) is 14.0. The molecule has 0 radical (unpaired) electrons. The number of aromatic nitrogens is 4. The molecule has 0 spiro atoms. The quantitative estimate of drug-likeness (QED) is 0.109. The summed E-state index contributed by atoms with van der Waals surface area (Å²) in [5.74, 6) is -6.56. The summed E-state index contributed by atoms with van der Waals surface area (Å²) in [6.45, 7) is 0. The number of hydrogen-bond donors (Lipinski definition) is 9. The van der Waals surface area contributed by atoms with Crippen LogP contribution in [0.1, 0.15) is 24.2 Å². The number of carboxylic acid groups (broad SMARTS) is 2. The lowest BCUT2D eigenvalue weighted by Gasteiger charge is -2.24. The van der Waals surface area contributed by atoms with Crippen molar-refractivity contribution >= 4 is 35.6 Å². The molecule has 4 atom stereocenters. The van der Waals surface area contributed by atoms with Crippen molar-refractivity contribution in [3.63, 3.8) is 0 Å². The minimum Gasteiger partial charge on any atom is -0.481 e. The molecule has 2 heterocycles. The summed E-state index contributed by atoms with van der Waals surface area (Å²) < 4.78 is 0. The molecule has 0 fully saturated rings. The number of carboxylic acids is 2. The Morgan fingerprint density at radius 3 is 1.62 bits per heavy atom. The fourth-order valence-electron chi connectivity index (χ4n) is 3.16. The summed E-state index contributed by atoms with van der Waals surface area (Å²) in [5.41, 5.74) is 11.5. The van der Waals surface area contributed by atoms with Crippen molar-refractivity contribution < 1.29 is 39.0 Å². The van der Waals surface area contributed by atoms with Gasteiger partial charge in [0.25, 0.3) is 0 Å². The number of primary amides is 1. The van der Waals surface area contributed by atoms with Gasteiger partial charge in [0, 0.05) is 36.6 Å². The highest BCUT2D eigenvalue weighted by molar-refractivity contribution is 5.95. The molecular formula is C20H27N9O8. The number of carbonyl (C=O) groups excluding carboxylic acids is 4. The molecule has 0 saturated carbocycles. The van der Waals surface area contributed by atoms with Crippen molar-refractivity contribution in [3.8, 4) is 0 Å². The number of H-pyrrole nitrogens is 2. The van der Waals surface area contributed by atoms with Crippen LogP contribution in [0.25, 0.3) is 0 Å². The van der Waals surface area contributed by atoms with Crippen molar-refractivity contribution in [2.75, 3.05) is 0 Å². The van der Waals surface area contributed by atoms with E-state index in [0.29, 0.717) is 11.4 Å². The standard InChI is InChI=1S/C20H27N9O8/c21-11(3-16(31)32)17(33)27-12(1-9-5-23-7-25-9)18(34)28-13(2-10-6-24-8-26-10)19(35)29-14(20(36)37)4-15(22)30/h5-8,11-14H,1-4,21H2,(H2,22,30)(H,23,25)(H,24,26)(H,27,33)(H,28,34)(H,29,35)(H,31,32)(H,36,37). The van der Waals surface area contributed by atoms with E-state index in [1.165, 1.54) is 25.0 Å². The summed E-state index contributed by atoms with van der Waals surface area (Å²) in [7, 11) is 0. The number of aromatic amines is 2. The number of carbonyl (C=O) groups is 6. The van der Waals surface area contributed by atoms with E-state index in [0.717, 1.165) is 0 Å². The number of nitrogens with one attached hydrogen (secondary N) is 5. The fraction of sp³-hybridized carbons (Fsp3) is 0.400. The van der Waals surface area contributed by atoms with Crippen LogP contribution in [0.5, 0.6) is 0 Å². The van der Waals surface area contributed by atoms with Crippen LogP contribution in [0.4, 0.5) is 0 Å². The van der Waals surface area contributed by atoms with Crippen LogP contribution in [-0.4, -0.2) is 89.9 Å². The average Bonchev–Trinajstić information content (AvgIpc) is 3.51. The van der Waals surface area contributed by atoms with Crippen LogP contribution in [0.3, 0.4) is 0 Å². The van der Waals surface area contributed by atoms with Gasteiger partial charge in [-0.05, 0) is 0 Å². The maximum atomic E-state index is 13.2. The second kappa shape index (κ2) is 13.3. The molecule has 11 N–H and O–H groups in total. The summed E-state index contributed by atoms with van der Waals surface area (Å²) in [6.07, 6.45) is 3.75. The Hall–Kier alpha value is -4.80. The average molecular weight is 521 g/mol. The molecule has 0 bridgehead atoms. The third-order valence-corrected chi connectivity index (χ3v) is 4.97. The van der Waals surface area contributed by atoms with E-state index in [1.807, 2.05) is 0 Å². The van der Waals surface area contributed by atoms with E-state index >= 15 is 0 Å². The maximum absolute atomic E-state index is 13.2. The molecule has 2 rings (SSSR count). The maximum Gasteiger partial charge on any atom is 0.326 e. The highest BCUT2D eigenvalue weighted by Gasteiger charge is 2.32. The SMILES string of the molecule is NC(=O)CC(NC(=O)C(Cc1cnc[nH]1)NC(=O)C(Cc1cnc[nH]1)NC(=O)C(N)CC(=O)O)C(=O)O. The summed E-state index contributed by atoms with van der Waals surface area (Å²) in [6, 6.07) is -5.81. The van der Waals surface area contributed by atoms with Crippen LogP contribution >= 0.6 is 0 Å². The first-order valence-corrected chi connectivity index (χ1v) is 10.8. The van der Waals surface area contributed by atoms with Gasteiger partial charge in [-0.1, -0.05) is 0 Å². The van der Waals surface area contributed by atoms with Crippen LogP contribution in [0.15, 0.2) is 25.0 Å². The third kappa shape index (κ3) is 9.40. The summed E-state index contributed by atoms with van der Waals surface area (Å²) in [4.78, 5) is 85.2. The van der Waals surface area contributed by atoms with Gasteiger partial charge in [0.1, 0.15) is 18.1 Å². The largest absolute Gasteiger partial charge is 0.481 e. The van der Waals surface area contributed by atoms with Crippen LogP contribution in [0.2, 0.25) is 0 Å². The molecule has 0 aliphatic rings. The minimum atomic E-state index is -1.65. The zero-order valence-corrected chi connectivity index (χ0v) is 19.3.